The normalized spacial score (nSPS) is 10.2. The van der Waals surface area contributed by atoms with Crippen molar-refractivity contribution in [3.05, 3.63) is 24.3 Å². The first-order valence-corrected chi connectivity index (χ1v) is 8.28. The molecule has 0 fully saturated rings. The van der Waals surface area contributed by atoms with Crippen LogP contribution in [-0.4, -0.2) is 29.9 Å². The Kier molecular flexibility index (Phi) is 5.02. The molecule has 0 nitrogen and oxygen atoms in total. The molecule has 0 aliphatic heterocycles. The second kappa shape index (κ2) is 5.83. The first-order chi connectivity index (χ1) is 5.88. The standard InChI is InChI=1S/C10H13Se2/c1-3-11-9-7-5-6-8-10(9)12-4-2/h5-7H,3-4H2,1-2H3. The first kappa shape index (κ1) is 10.3. The monoisotopic (exact) mass is 293 g/mol. The van der Waals surface area contributed by atoms with Crippen molar-refractivity contribution in [1.82, 2.24) is 0 Å². The zero-order valence-electron chi connectivity index (χ0n) is 7.46. The van der Waals surface area contributed by atoms with E-state index in [-0.39, 0.29) is 0 Å². The summed E-state index contributed by atoms with van der Waals surface area (Å²) in [5.41, 5.74) is 0. The Morgan fingerprint density at radius 3 is 2.67 bits per heavy atom. The van der Waals surface area contributed by atoms with Crippen LogP contribution in [0.2, 0.25) is 10.6 Å². The molecule has 0 aliphatic carbocycles. The zero-order valence-corrected chi connectivity index (χ0v) is 10.9. The minimum absolute atomic E-state index is 0.660. The molecule has 1 aromatic rings. The first-order valence-electron chi connectivity index (χ1n) is 4.14. The number of hydrogen-bond acceptors (Lipinski definition) is 0. The van der Waals surface area contributed by atoms with Crippen molar-refractivity contribution >= 4 is 38.8 Å². The molecule has 2 heteroatoms. The van der Waals surface area contributed by atoms with Crippen molar-refractivity contribution in [3.63, 3.8) is 0 Å². The van der Waals surface area contributed by atoms with Crippen molar-refractivity contribution in [3.8, 4) is 0 Å². The van der Waals surface area contributed by atoms with E-state index in [4.69, 9.17) is 0 Å². The van der Waals surface area contributed by atoms with Gasteiger partial charge in [-0.2, -0.15) is 0 Å². The van der Waals surface area contributed by atoms with Crippen LogP contribution in [0.4, 0.5) is 0 Å². The fourth-order valence-electron chi connectivity index (χ4n) is 0.932. The van der Waals surface area contributed by atoms with Crippen LogP contribution in [0.25, 0.3) is 0 Å². The van der Waals surface area contributed by atoms with Crippen LogP contribution in [0.15, 0.2) is 18.2 Å². The van der Waals surface area contributed by atoms with Gasteiger partial charge in [0.25, 0.3) is 0 Å². The molecule has 0 aliphatic rings. The summed E-state index contributed by atoms with van der Waals surface area (Å²) in [6.45, 7) is 4.51. The maximum atomic E-state index is 3.37. The molecule has 0 saturated heterocycles. The molecule has 0 bridgehead atoms. The Morgan fingerprint density at radius 2 is 2.00 bits per heavy atom. The van der Waals surface area contributed by atoms with Crippen LogP contribution in [0.1, 0.15) is 13.8 Å². The molecular formula is C10H13Se2. The van der Waals surface area contributed by atoms with Crippen LogP contribution in [0, 0.1) is 6.07 Å². The van der Waals surface area contributed by atoms with E-state index in [0.717, 1.165) is 0 Å². The third kappa shape index (κ3) is 2.95. The summed E-state index contributed by atoms with van der Waals surface area (Å²) in [4.78, 5) is 0. The summed E-state index contributed by atoms with van der Waals surface area (Å²) < 4.78 is 3.09. The van der Waals surface area contributed by atoms with Gasteiger partial charge in [-0.3, -0.25) is 0 Å². The Morgan fingerprint density at radius 1 is 1.25 bits per heavy atom. The van der Waals surface area contributed by atoms with Gasteiger partial charge in [-0.05, 0) is 0 Å². The second-order valence-corrected chi connectivity index (χ2v) is 7.64. The molecule has 0 N–H and O–H groups in total. The third-order valence-electron chi connectivity index (χ3n) is 1.37. The number of rotatable bonds is 4. The predicted octanol–water partition coefficient (Wildman–Crippen LogP) is 1.02. The Bertz CT molecular complexity index is 208. The zero-order chi connectivity index (χ0) is 8.81. The fourth-order valence-corrected chi connectivity index (χ4v) is 5.00. The van der Waals surface area contributed by atoms with Crippen LogP contribution >= 0.6 is 0 Å². The molecule has 0 saturated carbocycles. The van der Waals surface area contributed by atoms with Crippen molar-refractivity contribution in [1.29, 1.82) is 0 Å². The summed E-state index contributed by atoms with van der Waals surface area (Å²) >= 11 is 1.34. The fraction of sp³-hybridized carbons (Fsp3) is 0.400. The number of benzene rings is 1. The molecule has 1 rings (SSSR count). The average Bonchev–Trinajstić information content (AvgIpc) is 2.09. The van der Waals surface area contributed by atoms with E-state index in [0.29, 0.717) is 29.9 Å². The van der Waals surface area contributed by atoms with Gasteiger partial charge in [0.15, 0.2) is 0 Å². The average molecular weight is 291 g/mol. The quantitative estimate of drug-likeness (QED) is 0.727. The van der Waals surface area contributed by atoms with Gasteiger partial charge >= 0.3 is 87.6 Å². The van der Waals surface area contributed by atoms with Gasteiger partial charge in [-0.1, -0.05) is 0 Å². The molecular weight excluding hydrogens is 278 g/mol. The van der Waals surface area contributed by atoms with E-state index in [1.165, 1.54) is 15.1 Å². The molecule has 0 heterocycles. The molecule has 0 spiro atoms. The van der Waals surface area contributed by atoms with Gasteiger partial charge in [0, 0.05) is 0 Å². The summed E-state index contributed by atoms with van der Waals surface area (Å²) in [5, 5.41) is 2.60. The van der Waals surface area contributed by atoms with Crippen molar-refractivity contribution in [2.24, 2.45) is 0 Å². The third-order valence-corrected chi connectivity index (χ3v) is 5.92. The maximum absolute atomic E-state index is 3.37. The molecule has 0 amide bonds. The van der Waals surface area contributed by atoms with Crippen LogP contribution in [0.5, 0.6) is 0 Å². The van der Waals surface area contributed by atoms with Crippen molar-refractivity contribution in [2.75, 3.05) is 0 Å². The van der Waals surface area contributed by atoms with Gasteiger partial charge in [0.1, 0.15) is 0 Å². The summed E-state index contributed by atoms with van der Waals surface area (Å²) in [6.07, 6.45) is 0. The van der Waals surface area contributed by atoms with E-state index in [2.05, 4.69) is 32.0 Å². The minimum atomic E-state index is 0.660. The predicted molar refractivity (Wildman–Crippen MR) is 57.0 cm³/mol. The van der Waals surface area contributed by atoms with E-state index in [1.54, 1.807) is 4.46 Å². The molecule has 0 atom stereocenters. The molecule has 1 aromatic carbocycles. The van der Waals surface area contributed by atoms with Crippen molar-refractivity contribution < 1.29 is 0 Å². The SMILES string of the molecule is CC[Se]c1[c]cccc1[Se]CC. The topological polar surface area (TPSA) is 0 Å². The molecule has 12 heavy (non-hydrogen) atoms. The summed E-state index contributed by atoms with van der Waals surface area (Å²) in [5.74, 6) is 0. The van der Waals surface area contributed by atoms with Gasteiger partial charge in [-0.15, -0.1) is 0 Å². The van der Waals surface area contributed by atoms with Crippen molar-refractivity contribution in [2.45, 2.75) is 24.5 Å². The van der Waals surface area contributed by atoms with Crippen LogP contribution < -0.4 is 8.92 Å². The second-order valence-electron chi connectivity index (χ2n) is 2.23. The Labute approximate surface area is 87.5 Å². The van der Waals surface area contributed by atoms with E-state index in [9.17, 15) is 0 Å². The Hall–Kier alpha value is 0.259. The van der Waals surface area contributed by atoms with Crippen LogP contribution in [0.3, 0.4) is 0 Å². The molecule has 0 aromatic heterocycles. The van der Waals surface area contributed by atoms with E-state index >= 15 is 0 Å². The van der Waals surface area contributed by atoms with Gasteiger partial charge in [0.2, 0.25) is 0 Å². The Balaban J connectivity index is 2.77. The molecule has 65 valence electrons. The number of hydrogen-bond donors (Lipinski definition) is 0. The summed E-state index contributed by atoms with van der Waals surface area (Å²) in [6, 6.07) is 9.79. The van der Waals surface area contributed by atoms with Gasteiger partial charge in [0.05, 0.1) is 0 Å². The van der Waals surface area contributed by atoms with Gasteiger partial charge < -0.3 is 0 Å². The van der Waals surface area contributed by atoms with E-state index < -0.39 is 0 Å². The van der Waals surface area contributed by atoms with Gasteiger partial charge in [-0.25, -0.2) is 0 Å². The summed E-state index contributed by atoms with van der Waals surface area (Å²) in [7, 11) is 0. The molecule has 0 unspecified atom stereocenters. The van der Waals surface area contributed by atoms with Crippen LogP contribution in [-0.2, 0) is 0 Å². The molecule has 1 radical (unpaired) electrons. The van der Waals surface area contributed by atoms with E-state index in [1.807, 2.05) is 6.07 Å².